The van der Waals surface area contributed by atoms with Crippen LogP contribution in [0.2, 0.25) is 0 Å². The molecule has 9 nitrogen and oxygen atoms in total. The Morgan fingerprint density at radius 1 is 1.33 bits per heavy atom. The van der Waals surface area contributed by atoms with E-state index in [0.29, 0.717) is 6.42 Å². The smallest absolute Gasteiger partial charge is 0.303 e. The van der Waals surface area contributed by atoms with Crippen molar-refractivity contribution in [2.45, 2.75) is 17.7 Å². The summed E-state index contributed by atoms with van der Waals surface area (Å²) < 4.78 is 31.0. The normalized spacial score (nSPS) is 11.4. The van der Waals surface area contributed by atoms with Crippen molar-refractivity contribution in [1.29, 1.82) is 5.26 Å². The van der Waals surface area contributed by atoms with Gasteiger partial charge in [-0.25, -0.2) is 0 Å². The van der Waals surface area contributed by atoms with Crippen molar-refractivity contribution in [3.63, 3.8) is 0 Å². The van der Waals surface area contributed by atoms with Gasteiger partial charge >= 0.3 is 5.97 Å². The highest BCUT2D eigenvalue weighted by atomic mass is 32.2. The number of nitriles is 1. The van der Waals surface area contributed by atoms with Crippen molar-refractivity contribution in [3.05, 3.63) is 36.0 Å². The van der Waals surface area contributed by atoms with E-state index in [4.69, 9.17) is 14.9 Å². The molecule has 1 aromatic rings. The Morgan fingerprint density at radius 2 is 2.04 bits per heavy atom. The van der Waals surface area contributed by atoms with E-state index in [2.05, 4.69) is 10.6 Å². The maximum atomic E-state index is 11.9. The number of carboxylic acid groups (broad SMARTS) is 1. The Balaban J connectivity index is 2.71. The standard InChI is InChI=1S/C14H15N3O6S/c15-8-10(9-16-6-2-5-13(18)19)14(20)17-11-3-1-4-12(7-11)24(21,22)23/h1,3-4,7,9,16H,2,5-6H2,(H,17,20)(H,18,19)(H,21,22,23)/b10-9-. The number of nitrogens with one attached hydrogen (secondary N) is 2. The molecule has 1 rings (SSSR count). The summed E-state index contributed by atoms with van der Waals surface area (Å²) in [6.45, 7) is 0.267. The lowest BCUT2D eigenvalue weighted by Gasteiger charge is -2.06. The van der Waals surface area contributed by atoms with Crippen LogP contribution in [0.3, 0.4) is 0 Å². The highest BCUT2D eigenvalue weighted by Gasteiger charge is 2.13. The van der Waals surface area contributed by atoms with Crippen LogP contribution in [0.5, 0.6) is 0 Å². The van der Waals surface area contributed by atoms with Gasteiger partial charge in [0, 0.05) is 24.9 Å². The monoisotopic (exact) mass is 353 g/mol. The van der Waals surface area contributed by atoms with Crippen LogP contribution in [0.1, 0.15) is 12.8 Å². The minimum absolute atomic E-state index is 0.0443. The van der Waals surface area contributed by atoms with Crippen molar-refractivity contribution < 1.29 is 27.7 Å². The number of anilines is 1. The Kier molecular flexibility index (Phi) is 6.91. The van der Waals surface area contributed by atoms with Gasteiger partial charge in [-0.15, -0.1) is 0 Å². The molecular formula is C14H15N3O6S. The maximum absolute atomic E-state index is 11.9. The van der Waals surface area contributed by atoms with E-state index < -0.39 is 26.9 Å². The van der Waals surface area contributed by atoms with Crippen molar-refractivity contribution in [1.82, 2.24) is 5.32 Å². The highest BCUT2D eigenvalue weighted by Crippen LogP contribution is 2.15. The summed E-state index contributed by atoms with van der Waals surface area (Å²) in [6.07, 6.45) is 1.42. The van der Waals surface area contributed by atoms with Gasteiger partial charge in [0.1, 0.15) is 11.6 Å². The summed E-state index contributed by atoms with van der Waals surface area (Å²) in [5.41, 5.74) is -0.190. The zero-order valence-electron chi connectivity index (χ0n) is 12.4. The van der Waals surface area contributed by atoms with E-state index in [0.717, 1.165) is 18.3 Å². The lowest BCUT2D eigenvalue weighted by Crippen LogP contribution is -2.17. The van der Waals surface area contributed by atoms with Crippen molar-refractivity contribution in [3.8, 4) is 6.07 Å². The van der Waals surface area contributed by atoms with E-state index in [1.165, 1.54) is 12.1 Å². The molecule has 24 heavy (non-hydrogen) atoms. The van der Waals surface area contributed by atoms with E-state index in [1.807, 2.05) is 0 Å². The van der Waals surface area contributed by atoms with Gasteiger partial charge in [-0.05, 0) is 24.6 Å². The lowest BCUT2D eigenvalue weighted by molar-refractivity contribution is -0.137. The summed E-state index contributed by atoms with van der Waals surface area (Å²) in [6, 6.07) is 6.57. The molecule has 0 aliphatic rings. The fraction of sp³-hybridized carbons (Fsp3) is 0.214. The molecule has 0 fully saturated rings. The van der Waals surface area contributed by atoms with Crippen molar-refractivity contribution in [2.75, 3.05) is 11.9 Å². The highest BCUT2D eigenvalue weighted by molar-refractivity contribution is 7.85. The largest absolute Gasteiger partial charge is 0.481 e. The Labute approximate surface area is 138 Å². The average molecular weight is 353 g/mol. The third-order valence-electron chi connectivity index (χ3n) is 2.71. The van der Waals surface area contributed by atoms with Crippen LogP contribution < -0.4 is 10.6 Å². The number of rotatable bonds is 8. The molecular weight excluding hydrogens is 338 g/mol. The first-order valence-electron chi connectivity index (χ1n) is 6.68. The van der Waals surface area contributed by atoms with Crippen LogP contribution in [0.15, 0.2) is 40.9 Å². The van der Waals surface area contributed by atoms with Crippen LogP contribution in [-0.4, -0.2) is 36.5 Å². The Hall–Kier alpha value is -2.90. The maximum Gasteiger partial charge on any atom is 0.303 e. The summed E-state index contributed by atoms with van der Waals surface area (Å²) in [4.78, 5) is 21.9. The summed E-state index contributed by atoms with van der Waals surface area (Å²) in [7, 11) is -4.41. The van der Waals surface area contributed by atoms with Crippen LogP contribution >= 0.6 is 0 Å². The minimum Gasteiger partial charge on any atom is -0.481 e. The zero-order valence-corrected chi connectivity index (χ0v) is 13.2. The number of aliphatic carboxylic acids is 1. The number of benzene rings is 1. The van der Waals surface area contributed by atoms with Gasteiger partial charge in [0.15, 0.2) is 0 Å². The summed E-state index contributed by atoms with van der Waals surface area (Å²) in [5.74, 6) is -1.73. The fourth-order valence-corrected chi connectivity index (χ4v) is 2.12. The number of carboxylic acids is 1. The molecule has 128 valence electrons. The fourth-order valence-electron chi connectivity index (χ4n) is 1.60. The van der Waals surface area contributed by atoms with Gasteiger partial charge in [0.05, 0.1) is 4.90 Å². The van der Waals surface area contributed by atoms with E-state index in [9.17, 15) is 18.0 Å². The van der Waals surface area contributed by atoms with Crippen molar-refractivity contribution >= 4 is 27.7 Å². The number of amides is 1. The van der Waals surface area contributed by atoms with Crippen LogP contribution in [0.25, 0.3) is 0 Å². The third-order valence-corrected chi connectivity index (χ3v) is 3.56. The molecule has 0 unspecified atom stereocenters. The van der Waals surface area contributed by atoms with Gasteiger partial charge in [0.2, 0.25) is 0 Å². The number of hydrogen-bond donors (Lipinski definition) is 4. The first kappa shape index (κ1) is 19.1. The second-order valence-corrected chi connectivity index (χ2v) is 6.00. The molecule has 0 atom stereocenters. The molecule has 0 aliphatic carbocycles. The molecule has 0 bridgehead atoms. The molecule has 0 heterocycles. The molecule has 10 heteroatoms. The Bertz CT molecular complexity index is 795. The summed E-state index contributed by atoms with van der Waals surface area (Å²) >= 11 is 0. The van der Waals surface area contributed by atoms with Crippen molar-refractivity contribution in [2.24, 2.45) is 0 Å². The van der Waals surface area contributed by atoms with E-state index >= 15 is 0 Å². The second kappa shape index (κ2) is 8.66. The van der Waals surface area contributed by atoms with Crippen LogP contribution in [0.4, 0.5) is 5.69 Å². The molecule has 0 radical (unpaired) electrons. The molecule has 4 N–H and O–H groups in total. The van der Waals surface area contributed by atoms with Crippen LogP contribution in [-0.2, 0) is 19.7 Å². The molecule has 1 amide bonds. The van der Waals surface area contributed by atoms with Gasteiger partial charge < -0.3 is 15.7 Å². The van der Waals surface area contributed by atoms with Gasteiger partial charge in [-0.2, -0.15) is 13.7 Å². The first-order valence-corrected chi connectivity index (χ1v) is 8.12. The molecule has 0 aliphatic heterocycles. The molecule has 0 saturated carbocycles. The predicted octanol–water partition coefficient (Wildman–Crippen LogP) is 0.734. The quantitative estimate of drug-likeness (QED) is 0.231. The third kappa shape index (κ3) is 6.47. The number of nitrogens with zero attached hydrogens (tertiary/aromatic N) is 1. The molecule has 0 aromatic heterocycles. The zero-order chi connectivity index (χ0) is 18.2. The summed E-state index contributed by atoms with van der Waals surface area (Å²) in [5, 5.41) is 22.4. The van der Waals surface area contributed by atoms with E-state index in [1.54, 1.807) is 6.07 Å². The van der Waals surface area contributed by atoms with E-state index in [-0.39, 0.29) is 24.2 Å². The topological polar surface area (TPSA) is 157 Å². The first-order chi connectivity index (χ1) is 11.2. The number of hydrogen-bond acceptors (Lipinski definition) is 6. The minimum atomic E-state index is -4.41. The molecule has 0 saturated heterocycles. The second-order valence-electron chi connectivity index (χ2n) is 4.58. The van der Waals surface area contributed by atoms with Crippen LogP contribution in [0, 0.1) is 11.3 Å². The molecule has 1 aromatic carbocycles. The Morgan fingerprint density at radius 3 is 2.62 bits per heavy atom. The van der Waals surface area contributed by atoms with Gasteiger partial charge in [-0.3, -0.25) is 14.1 Å². The van der Waals surface area contributed by atoms with Gasteiger partial charge in [0.25, 0.3) is 16.0 Å². The predicted molar refractivity (Wildman–Crippen MR) is 83.5 cm³/mol. The SMILES string of the molecule is N#C/C(=C/NCCCC(=O)O)C(=O)Nc1cccc(S(=O)(=O)O)c1. The average Bonchev–Trinajstić information content (AvgIpc) is 2.50. The van der Waals surface area contributed by atoms with Gasteiger partial charge in [-0.1, -0.05) is 6.07 Å². The number of carbonyl (C=O) groups excluding carboxylic acids is 1. The lowest BCUT2D eigenvalue weighted by atomic mass is 10.2. The number of carbonyl (C=O) groups is 2. The molecule has 0 spiro atoms.